The summed E-state index contributed by atoms with van der Waals surface area (Å²) in [5.74, 6) is 11.1. The molecule has 2 N–H and O–H groups in total. The molecule has 0 aromatic heterocycles. The Bertz CT molecular complexity index is 669. The van der Waals surface area contributed by atoms with Crippen molar-refractivity contribution in [1.29, 1.82) is 0 Å². The first kappa shape index (κ1) is 15.9. The quantitative estimate of drug-likeness (QED) is 0.793. The van der Waals surface area contributed by atoms with Crippen LogP contribution in [0, 0.1) is 23.7 Å². The van der Waals surface area contributed by atoms with Crippen molar-refractivity contribution in [3.63, 3.8) is 0 Å². The summed E-state index contributed by atoms with van der Waals surface area (Å²) < 4.78 is 0. The van der Waals surface area contributed by atoms with E-state index in [1.165, 1.54) is 13.8 Å². The third kappa shape index (κ3) is 3.99. The molecule has 0 saturated heterocycles. The molecule has 0 aliphatic carbocycles. The highest BCUT2D eigenvalue weighted by Gasteiger charge is 2.39. The van der Waals surface area contributed by atoms with E-state index in [1.54, 1.807) is 0 Å². The highest BCUT2D eigenvalue weighted by molar-refractivity contribution is 5.41. The van der Waals surface area contributed by atoms with Crippen molar-refractivity contribution in [2.75, 3.05) is 0 Å². The largest absolute Gasteiger partial charge is 0.374 e. The molecule has 0 unspecified atom stereocenters. The molecule has 0 heterocycles. The summed E-state index contributed by atoms with van der Waals surface area (Å²) in [5, 5.41) is 20.9. The van der Waals surface area contributed by atoms with Gasteiger partial charge in [0.1, 0.15) is 0 Å². The molecule has 0 saturated carbocycles. The SMILES string of the molecule is C[C@](O)(C#Cc1ccccc1)[C@@](C)(O)C#Cc1ccccc1. The molecule has 2 heteroatoms. The second kappa shape index (κ2) is 6.50. The third-order valence-corrected chi connectivity index (χ3v) is 3.40. The van der Waals surface area contributed by atoms with Crippen LogP contribution in [0.4, 0.5) is 0 Å². The number of rotatable bonds is 1. The molecule has 0 radical (unpaired) electrons. The Balaban J connectivity index is 2.24. The van der Waals surface area contributed by atoms with Crippen LogP contribution < -0.4 is 0 Å². The zero-order chi connectivity index (χ0) is 16.1. The highest BCUT2D eigenvalue weighted by atomic mass is 16.3. The van der Waals surface area contributed by atoms with Gasteiger partial charge in [0.2, 0.25) is 0 Å². The molecule has 0 spiro atoms. The summed E-state index contributed by atoms with van der Waals surface area (Å²) in [4.78, 5) is 0. The van der Waals surface area contributed by atoms with E-state index in [1.807, 2.05) is 60.7 Å². The molecule has 0 aliphatic heterocycles. The van der Waals surface area contributed by atoms with Gasteiger partial charge in [-0.2, -0.15) is 0 Å². The molecule has 2 aromatic rings. The van der Waals surface area contributed by atoms with Crippen LogP contribution in [0.2, 0.25) is 0 Å². The Morgan fingerprint density at radius 2 is 0.955 bits per heavy atom. The average molecular weight is 290 g/mol. The summed E-state index contributed by atoms with van der Waals surface area (Å²) in [6.45, 7) is 2.92. The highest BCUT2D eigenvalue weighted by Crippen LogP contribution is 2.21. The minimum Gasteiger partial charge on any atom is -0.374 e. The lowest BCUT2D eigenvalue weighted by molar-refractivity contribution is -0.0552. The summed E-state index contributed by atoms with van der Waals surface area (Å²) in [5.41, 5.74) is -1.75. The zero-order valence-corrected chi connectivity index (χ0v) is 12.7. The maximum Gasteiger partial charge on any atom is 0.162 e. The van der Waals surface area contributed by atoms with Crippen LogP contribution in [0.5, 0.6) is 0 Å². The van der Waals surface area contributed by atoms with Gasteiger partial charge in [0.25, 0.3) is 0 Å². The Hall–Kier alpha value is -2.52. The molecule has 0 bridgehead atoms. The van der Waals surface area contributed by atoms with Crippen molar-refractivity contribution in [2.45, 2.75) is 25.0 Å². The van der Waals surface area contributed by atoms with E-state index in [9.17, 15) is 10.2 Å². The maximum atomic E-state index is 10.5. The summed E-state index contributed by atoms with van der Waals surface area (Å²) >= 11 is 0. The first-order valence-electron chi connectivity index (χ1n) is 7.02. The third-order valence-electron chi connectivity index (χ3n) is 3.40. The minimum atomic E-state index is -1.65. The van der Waals surface area contributed by atoms with Gasteiger partial charge in [0, 0.05) is 11.1 Å². The lowest BCUT2D eigenvalue weighted by Gasteiger charge is -2.29. The molecule has 2 aromatic carbocycles. The van der Waals surface area contributed by atoms with E-state index >= 15 is 0 Å². The monoisotopic (exact) mass is 290 g/mol. The van der Waals surface area contributed by atoms with Crippen molar-refractivity contribution < 1.29 is 10.2 Å². The van der Waals surface area contributed by atoms with Gasteiger partial charge in [-0.05, 0) is 38.1 Å². The van der Waals surface area contributed by atoms with Crippen LogP contribution in [-0.2, 0) is 0 Å². The van der Waals surface area contributed by atoms with Gasteiger partial charge in [-0.25, -0.2) is 0 Å². The standard InChI is InChI=1S/C20H18O2/c1-19(21,15-13-17-9-5-3-6-10-17)20(2,22)16-14-18-11-7-4-8-12-18/h3-12,21-22H,1-2H3/t19-,20-/m0/s1. The fraction of sp³-hybridized carbons (Fsp3) is 0.200. The summed E-state index contributed by atoms with van der Waals surface area (Å²) in [7, 11) is 0. The van der Waals surface area contributed by atoms with Gasteiger partial charge >= 0.3 is 0 Å². The van der Waals surface area contributed by atoms with Crippen molar-refractivity contribution in [3.8, 4) is 23.7 Å². The average Bonchev–Trinajstić information content (AvgIpc) is 2.53. The van der Waals surface area contributed by atoms with Gasteiger partial charge in [0.15, 0.2) is 11.2 Å². The molecular weight excluding hydrogens is 272 g/mol. The van der Waals surface area contributed by atoms with E-state index in [-0.39, 0.29) is 0 Å². The molecule has 110 valence electrons. The number of benzene rings is 2. The minimum absolute atomic E-state index is 0.773. The second-order valence-corrected chi connectivity index (χ2v) is 5.38. The molecule has 0 fully saturated rings. The molecule has 2 nitrogen and oxygen atoms in total. The second-order valence-electron chi connectivity index (χ2n) is 5.38. The molecule has 2 atom stereocenters. The topological polar surface area (TPSA) is 40.5 Å². The Morgan fingerprint density at radius 1 is 0.636 bits per heavy atom. The lowest BCUT2D eigenvalue weighted by atomic mass is 9.86. The molecule has 0 amide bonds. The molecule has 0 aliphatic rings. The fourth-order valence-corrected chi connectivity index (χ4v) is 1.67. The van der Waals surface area contributed by atoms with Crippen molar-refractivity contribution in [3.05, 3.63) is 71.8 Å². The van der Waals surface area contributed by atoms with E-state index in [0.717, 1.165) is 11.1 Å². The number of aliphatic hydroxyl groups is 2. The number of hydrogen-bond acceptors (Lipinski definition) is 2. The Labute approximate surface area is 131 Å². The lowest BCUT2D eigenvalue weighted by Crippen LogP contribution is -2.48. The predicted molar refractivity (Wildman–Crippen MR) is 87.9 cm³/mol. The van der Waals surface area contributed by atoms with Gasteiger partial charge in [-0.15, -0.1) is 0 Å². The summed E-state index contributed by atoms with van der Waals surface area (Å²) in [6.07, 6.45) is 0. The smallest absolute Gasteiger partial charge is 0.162 e. The normalized spacial score (nSPS) is 15.3. The van der Waals surface area contributed by atoms with E-state index in [4.69, 9.17) is 0 Å². The van der Waals surface area contributed by atoms with Crippen LogP contribution in [-0.4, -0.2) is 21.4 Å². The first-order chi connectivity index (χ1) is 10.4. The van der Waals surface area contributed by atoms with Crippen LogP contribution in [0.15, 0.2) is 60.7 Å². The van der Waals surface area contributed by atoms with E-state index < -0.39 is 11.2 Å². The van der Waals surface area contributed by atoms with Crippen LogP contribution in [0.25, 0.3) is 0 Å². The first-order valence-corrected chi connectivity index (χ1v) is 7.02. The fourth-order valence-electron chi connectivity index (χ4n) is 1.67. The van der Waals surface area contributed by atoms with Crippen molar-refractivity contribution in [2.24, 2.45) is 0 Å². The van der Waals surface area contributed by atoms with Crippen LogP contribution in [0.3, 0.4) is 0 Å². The van der Waals surface area contributed by atoms with Gasteiger partial charge in [0.05, 0.1) is 0 Å². The maximum absolute atomic E-state index is 10.5. The molecule has 22 heavy (non-hydrogen) atoms. The van der Waals surface area contributed by atoms with Crippen molar-refractivity contribution >= 4 is 0 Å². The van der Waals surface area contributed by atoms with Crippen LogP contribution >= 0.6 is 0 Å². The van der Waals surface area contributed by atoms with Crippen LogP contribution in [0.1, 0.15) is 25.0 Å². The predicted octanol–water partition coefficient (Wildman–Crippen LogP) is 2.59. The van der Waals surface area contributed by atoms with Gasteiger partial charge < -0.3 is 10.2 Å². The van der Waals surface area contributed by atoms with E-state index in [0.29, 0.717) is 0 Å². The van der Waals surface area contributed by atoms with Gasteiger partial charge in [-0.1, -0.05) is 60.1 Å². The molecular formula is C20H18O2. The number of hydrogen-bond donors (Lipinski definition) is 2. The Morgan fingerprint density at radius 3 is 1.27 bits per heavy atom. The van der Waals surface area contributed by atoms with Gasteiger partial charge in [-0.3, -0.25) is 0 Å². The van der Waals surface area contributed by atoms with E-state index in [2.05, 4.69) is 23.7 Å². The molecule has 2 rings (SSSR count). The summed E-state index contributed by atoms with van der Waals surface area (Å²) in [6, 6.07) is 18.6. The zero-order valence-electron chi connectivity index (χ0n) is 12.7. The Kier molecular flexibility index (Phi) is 4.68. The van der Waals surface area contributed by atoms with Crippen molar-refractivity contribution in [1.82, 2.24) is 0 Å².